The molecule has 0 saturated carbocycles. The van der Waals surface area contributed by atoms with Crippen LogP contribution in [0.3, 0.4) is 0 Å². The normalized spacial score (nSPS) is 16.8. The van der Waals surface area contributed by atoms with Crippen molar-refractivity contribution >= 4 is 38.3 Å². The molecule has 3 heterocycles. The van der Waals surface area contributed by atoms with E-state index in [0.717, 1.165) is 60.4 Å². The number of halogens is 1. The second kappa shape index (κ2) is 6.44. The van der Waals surface area contributed by atoms with Crippen LogP contribution in [0.4, 0.5) is 5.13 Å². The van der Waals surface area contributed by atoms with E-state index in [1.54, 1.807) is 18.4 Å². The van der Waals surface area contributed by atoms with Crippen molar-refractivity contribution in [3.05, 3.63) is 16.9 Å². The van der Waals surface area contributed by atoms with Gasteiger partial charge in [0, 0.05) is 39.8 Å². The first kappa shape index (κ1) is 15.0. The SMILES string of the molecule is COCCN1CCN(c2nc3c(C)nc(Cl)cc3s2)CC1. The topological polar surface area (TPSA) is 41.5 Å². The second-order valence-electron chi connectivity index (χ2n) is 5.20. The standard InChI is InChI=1S/C14H19ClN4OS/c1-10-13-11(9-12(15)16-10)21-14(17-13)19-5-3-18(4-6-19)7-8-20-2/h9H,3-8H2,1-2H3. The molecule has 1 aliphatic heterocycles. The zero-order valence-electron chi connectivity index (χ0n) is 12.3. The first-order chi connectivity index (χ1) is 10.2. The molecule has 0 spiro atoms. The van der Waals surface area contributed by atoms with Gasteiger partial charge in [0.1, 0.15) is 10.7 Å². The van der Waals surface area contributed by atoms with Gasteiger partial charge in [-0.3, -0.25) is 4.90 Å². The van der Waals surface area contributed by atoms with Crippen LogP contribution in [0.2, 0.25) is 5.15 Å². The summed E-state index contributed by atoms with van der Waals surface area (Å²) in [5.41, 5.74) is 1.87. The van der Waals surface area contributed by atoms with Gasteiger partial charge in [0.2, 0.25) is 0 Å². The summed E-state index contributed by atoms with van der Waals surface area (Å²) in [6.45, 7) is 7.87. The zero-order chi connectivity index (χ0) is 14.8. The average molecular weight is 327 g/mol. The van der Waals surface area contributed by atoms with Gasteiger partial charge < -0.3 is 9.64 Å². The lowest BCUT2D eigenvalue weighted by Gasteiger charge is -2.34. The Morgan fingerprint density at radius 2 is 2.05 bits per heavy atom. The predicted molar refractivity (Wildman–Crippen MR) is 87.7 cm³/mol. The minimum absolute atomic E-state index is 0.541. The Morgan fingerprint density at radius 3 is 2.76 bits per heavy atom. The van der Waals surface area contributed by atoms with E-state index in [4.69, 9.17) is 21.3 Å². The molecule has 1 fully saturated rings. The number of pyridine rings is 1. The summed E-state index contributed by atoms with van der Waals surface area (Å²) >= 11 is 7.72. The first-order valence-electron chi connectivity index (χ1n) is 7.07. The van der Waals surface area contributed by atoms with Gasteiger partial charge in [0.25, 0.3) is 0 Å². The Labute approximate surface area is 133 Å². The summed E-state index contributed by atoms with van der Waals surface area (Å²) in [7, 11) is 1.75. The Bertz CT molecular complexity index is 625. The summed E-state index contributed by atoms with van der Waals surface area (Å²) in [5, 5.41) is 1.61. The molecular formula is C14H19ClN4OS. The monoisotopic (exact) mass is 326 g/mol. The van der Waals surface area contributed by atoms with Crippen molar-refractivity contribution in [3.8, 4) is 0 Å². The molecule has 0 radical (unpaired) electrons. The van der Waals surface area contributed by atoms with Crippen LogP contribution in [-0.4, -0.2) is 61.3 Å². The van der Waals surface area contributed by atoms with Crippen molar-refractivity contribution in [2.75, 3.05) is 51.3 Å². The van der Waals surface area contributed by atoms with Gasteiger partial charge in [-0.15, -0.1) is 0 Å². The Balaban J connectivity index is 1.72. The van der Waals surface area contributed by atoms with Crippen LogP contribution in [0.1, 0.15) is 5.69 Å². The van der Waals surface area contributed by atoms with E-state index in [2.05, 4.69) is 14.8 Å². The fourth-order valence-electron chi connectivity index (χ4n) is 2.55. The maximum atomic E-state index is 6.02. The highest BCUT2D eigenvalue weighted by Gasteiger charge is 2.20. The number of nitrogens with zero attached hydrogens (tertiary/aromatic N) is 4. The summed E-state index contributed by atoms with van der Waals surface area (Å²) in [4.78, 5) is 13.8. The molecule has 1 aliphatic rings. The molecule has 7 heteroatoms. The third kappa shape index (κ3) is 3.29. The fraction of sp³-hybridized carbons (Fsp3) is 0.571. The molecule has 5 nitrogen and oxygen atoms in total. The van der Waals surface area contributed by atoms with E-state index in [0.29, 0.717) is 5.15 Å². The van der Waals surface area contributed by atoms with Gasteiger partial charge in [-0.2, -0.15) is 0 Å². The van der Waals surface area contributed by atoms with Gasteiger partial charge in [-0.05, 0) is 13.0 Å². The Kier molecular flexibility index (Phi) is 4.59. The molecule has 0 aromatic carbocycles. The minimum Gasteiger partial charge on any atom is -0.383 e. The number of fused-ring (bicyclic) bond motifs is 1. The molecule has 21 heavy (non-hydrogen) atoms. The summed E-state index contributed by atoms with van der Waals surface area (Å²) < 4.78 is 6.25. The highest BCUT2D eigenvalue weighted by atomic mass is 35.5. The summed E-state index contributed by atoms with van der Waals surface area (Å²) in [6.07, 6.45) is 0. The molecule has 0 atom stereocenters. The van der Waals surface area contributed by atoms with Crippen LogP contribution in [0.15, 0.2) is 6.07 Å². The number of piperazine rings is 1. The average Bonchev–Trinajstić information content (AvgIpc) is 2.90. The third-order valence-corrected chi connectivity index (χ3v) is 5.02. The molecule has 0 N–H and O–H groups in total. The van der Waals surface area contributed by atoms with Gasteiger partial charge in [-0.25, -0.2) is 9.97 Å². The van der Waals surface area contributed by atoms with Gasteiger partial charge in [0.05, 0.1) is 17.0 Å². The second-order valence-corrected chi connectivity index (χ2v) is 6.59. The van der Waals surface area contributed by atoms with E-state index in [1.165, 1.54) is 0 Å². The number of rotatable bonds is 4. The third-order valence-electron chi connectivity index (χ3n) is 3.76. The number of ether oxygens (including phenoxy) is 1. The maximum Gasteiger partial charge on any atom is 0.186 e. The Hall–Kier alpha value is -0.950. The van der Waals surface area contributed by atoms with E-state index in [9.17, 15) is 0 Å². The van der Waals surface area contributed by atoms with Gasteiger partial charge in [-0.1, -0.05) is 22.9 Å². The number of hydrogen-bond donors (Lipinski definition) is 0. The van der Waals surface area contributed by atoms with Crippen LogP contribution < -0.4 is 4.90 Å². The first-order valence-corrected chi connectivity index (χ1v) is 8.27. The van der Waals surface area contributed by atoms with E-state index >= 15 is 0 Å². The van der Waals surface area contributed by atoms with E-state index < -0.39 is 0 Å². The smallest absolute Gasteiger partial charge is 0.186 e. The van der Waals surface area contributed by atoms with Gasteiger partial charge in [0.15, 0.2) is 5.13 Å². The molecule has 0 aliphatic carbocycles. The fourth-order valence-corrected chi connectivity index (χ4v) is 3.96. The number of aromatic nitrogens is 2. The number of methoxy groups -OCH3 is 1. The van der Waals surface area contributed by atoms with Crippen LogP contribution >= 0.6 is 22.9 Å². The lowest BCUT2D eigenvalue weighted by atomic mass is 10.3. The molecular weight excluding hydrogens is 308 g/mol. The van der Waals surface area contributed by atoms with E-state index in [-0.39, 0.29) is 0 Å². The number of thiazole rings is 1. The zero-order valence-corrected chi connectivity index (χ0v) is 13.9. The highest BCUT2D eigenvalue weighted by Crippen LogP contribution is 2.31. The number of aryl methyl sites for hydroxylation is 1. The number of hydrogen-bond acceptors (Lipinski definition) is 6. The van der Waals surface area contributed by atoms with Gasteiger partial charge >= 0.3 is 0 Å². The molecule has 0 unspecified atom stereocenters. The van der Waals surface area contributed by atoms with Crippen molar-refractivity contribution in [2.24, 2.45) is 0 Å². The minimum atomic E-state index is 0.541. The maximum absolute atomic E-state index is 6.02. The van der Waals surface area contributed by atoms with Crippen molar-refractivity contribution < 1.29 is 4.74 Å². The van der Waals surface area contributed by atoms with Crippen LogP contribution in [0, 0.1) is 6.92 Å². The van der Waals surface area contributed by atoms with Crippen molar-refractivity contribution in [1.82, 2.24) is 14.9 Å². The largest absolute Gasteiger partial charge is 0.383 e. The number of anilines is 1. The quantitative estimate of drug-likeness (QED) is 0.807. The molecule has 3 rings (SSSR count). The Morgan fingerprint density at radius 1 is 1.29 bits per heavy atom. The van der Waals surface area contributed by atoms with Crippen molar-refractivity contribution in [1.29, 1.82) is 0 Å². The highest BCUT2D eigenvalue weighted by molar-refractivity contribution is 7.22. The van der Waals surface area contributed by atoms with Crippen LogP contribution in [0.25, 0.3) is 10.2 Å². The van der Waals surface area contributed by atoms with E-state index in [1.807, 2.05) is 13.0 Å². The van der Waals surface area contributed by atoms with Crippen LogP contribution in [-0.2, 0) is 4.74 Å². The molecule has 0 bridgehead atoms. The molecule has 2 aromatic rings. The van der Waals surface area contributed by atoms with Crippen molar-refractivity contribution in [2.45, 2.75) is 6.92 Å². The lowest BCUT2D eigenvalue weighted by molar-refractivity contribution is 0.144. The summed E-state index contributed by atoms with van der Waals surface area (Å²) in [5.74, 6) is 0. The van der Waals surface area contributed by atoms with Crippen molar-refractivity contribution in [3.63, 3.8) is 0 Å². The predicted octanol–water partition coefficient (Wildman–Crippen LogP) is 2.42. The molecule has 114 valence electrons. The molecule has 1 saturated heterocycles. The molecule has 2 aromatic heterocycles. The van der Waals surface area contributed by atoms with Crippen LogP contribution in [0.5, 0.6) is 0 Å². The summed E-state index contributed by atoms with van der Waals surface area (Å²) in [6, 6.07) is 1.90. The lowest BCUT2D eigenvalue weighted by Crippen LogP contribution is -2.47. The molecule has 0 amide bonds.